The summed E-state index contributed by atoms with van der Waals surface area (Å²) < 4.78 is 10.6. The van der Waals surface area contributed by atoms with Crippen LogP contribution in [0.4, 0.5) is 4.79 Å². The third-order valence-electron chi connectivity index (χ3n) is 2.81. The van der Waals surface area contributed by atoms with E-state index in [9.17, 15) is 4.79 Å². The number of aliphatic imine (C=N–C) groups is 1. The first-order valence-corrected chi connectivity index (χ1v) is 7.18. The van der Waals surface area contributed by atoms with Gasteiger partial charge in [-0.1, -0.05) is 41.5 Å². The normalized spacial score (nSPS) is 18.1. The van der Waals surface area contributed by atoms with Crippen molar-refractivity contribution in [3.05, 3.63) is 0 Å². The van der Waals surface area contributed by atoms with Crippen LogP contribution in [0.1, 0.15) is 41.5 Å². The fourth-order valence-corrected chi connectivity index (χ4v) is 1.88. The van der Waals surface area contributed by atoms with Crippen molar-refractivity contribution < 1.29 is 14.3 Å². The lowest BCUT2D eigenvalue weighted by Crippen LogP contribution is -2.46. The average molecular weight is 284 g/mol. The third-order valence-corrected chi connectivity index (χ3v) is 2.81. The van der Waals surface area contributed by atoms with Crippen molar-refractivity contribution in [1.29, 1.82) is 0 Å². The molecule has 0 radical (unpaired) electrons. The number of ether oxygens (including phenoxy) is 2. The van der Waals surface area contributed by atoms with Crippen LogP contribution in [0.5, 0.6) is 0 Å². The van der Waals surface area contributed by atoms with Gasteiger partial charge in [-0.05, 0) is 5.41 Å². The molecule has 0 aromatic rings. The molecular weight excluding hydrogens is 256 g/mol. The zero-order valence-corrected chi connectivity index (χ0v) is 13.7. The van der Waals surface area contributed by atoms with Gasteiger partial charge < -0.3 is 14.4 Å². The largest absolute Gasteiger partial charge is 0.447 e. The fraction of sp³-hybridized carbons (Fsp3) is 0.867. The van der Waals surface area contributed by atoms with Gasteiger partial charge in [-0.3, -0.25) is 0 Å². The van der Waals surface area contributed by atoms with Gasteiger partial charge in [0.05, 0.1) is 19.8 Å². The minimum absolute atomic E-state index is 0.0496. The van der Waals surface area contributed by atoms with E-state index in [1.165, 1.54) is 0 Å². The van der Waals surface area contributed by atoms with E-state index in [2.05, 4.69) is 30.7 Å². The van der Waals surface area contributed by atoms with E-state index < -0.39 is 6.09 Å². The van der Waals surface area contributed by atoms with Crippen LogP contribution in [0.3, 0.4) is 0 Å². The number of amides is 1. The highest BCUT2D eigenvalue weighted by Gasteiger charge is 2.28. The van der Waals surface area contributed by atoms with Gasteiger partial charge in [-0.2, -0.15) is 4.99 Å². The lowest BCUT2D eigenvalue weighted by Gasteiger charge is -2.35. The van der Waals surface area contributed by atoms with Gasteiger partial charge in [0.25, 0.3) is 0 Å². The second-order valence-electron chi connectivity index (χ2n) is 7.40. The molecule has 0 atom stereocenters. The predicted molar refractivity (Wildman–Crippen MR) is 80.1 cm³/mol. The Morgan fingerprint density at radius 3 is 2.15 bits per heavy atom. The highest BCUT2D eigenvalue weighted by Crippen LogP contribution is 2.21. The minimum Gasteiger partial charge on any atom is -0.447 e. The van der Waals surface area contributed by atoms with Gasteiger partial charge in [0.2, 0.25) is 0 Å². The van der Waals surface area contributed by atoms with Gasteiger partial charge in [0.1, 0.15) is 5.84 Å². The van der Waals surface area contributed by atoms with E-state index in [0.717, 1.165) is 18.9 Å². The molecule has 1 fully saturated rings. The molecule has 1 heterocycles. The number of rotatable bonds is 1. The van der Waals surface area contributed by atoms with E-state index in [-0.39, 0.29) is 10.8 Å². The van der Waals surface area contributed by atoms with Crippen molar-refractivity contribution in [2.75, 3.05) is 32.9 Å². The number of morpholine rings is 1. The van der Waals surface area contributed by atoms with Crippen LogP contribution in [0.2, 0.25) is 0 Å². The molecule has 0 unspecified atom stereocenters. The molecule has 0 bridgehead atoms. The lowest BCUT2D eigenvalue weighted by molar-refractivity contribution is 0.0639. The summed E-state index contributed by atoms with van der Waals surface area (Å²) in [5.74, 6) is 0.778. The lowest BCUT2D eigenvalue weighted by atomic mass is 9.93. The molecule has 1 rings (SSSR count). The minimum atomic E-state index is -0.503. The highest BCUT2D eigenvalue weighted by molar-refractivity contribution is 5.95. The Morgan fingerprint density at radius 2 is 1.70 bits per heavy atom. The van der Waals surface area contributed by atoms with Crippen molar-refractivity contribution in [3.63, 3.8) is 0 Å². The molecule has 0 spiro atoms. The van der Waals surface area contributed by atoms with E-state index in [4.69, 9.17) is 9.47 Å². The zero-order chi connectivity index (χ0) is 15.4. The predicted octanol–water partition coefficient (Wildman–Crippen LogP) is 2.95. The molecule has 0 N–H and O–H groups in total. The van der Waals surface area contributed by atoms with E-state index in [1.807, 2.05) is 20.8 Å². The van der Waals surface area contributed by atoms with Crippen LogP contribution in [0, 0.1) is 10.8 Å². The quantitative estimate of drug-likeness (QED) is 0.549. The first kappa shape index (κ1) is 17.0. The summed E-state index contributed by atoms with van der Waals surface area (Å²) in [4.78, 5) is 18.2. The maximum atomic E-state index is 11.9. The van der Waals surface area contributed by atoms with Crippen molar-refractivity contribution in [2.24, 2.45) is 15.8 Å². The Morgan fingerprint density at radius 1 is 1.15 bits per heavy atom. The number of carbonyl (C=O) groups is 1. The van der Waals surface area contributed by atoms with Crippen molar-refractivity contribution in [2.45, 2.75) is 41.5 Å². The van der Waals surface area contributed by atoms with E-state index in [1.54, 1.807) is 0 Å². The molecule has 0 aliphatic carbocycles. The van der Waals surface area contributed by atoms with E-state index >= 15 is 0 Å². The number of hydrogen-bond donors (Lipinski definition) is 0. The molecule has 1 aliphatic rings. The Bertz CT molecular complexity index is 358. The monoisotopic (exact) mass is 284 g/mol. The number of nitrogens with zero attached hydrogens (tertiary/aromatic N) is 2. The Balaban J connectivity index is 2.77. The molecule has 0 saturated carbocycles. The standard InChI is InChI=1S/C15H28N2O3/c1-14(2,3)11-20-13(18)16-12(15(4,5)6)17-7-9-19-10-8-17/h7-11H2,1-6H3. The van der Waals surface area contributed by atoms with Crippen molar-refractivity contribution >= 4 is 11.9 Å². The number of amidine groups is 1. The van der Waals surface area contributed by atoms with Gasteiger partial charge in [-0.25, -0.2) is 4.79 Å². The van der Waals surface area contributed by atoms with Crippen LogP contribution < -0.4 is 0 Å². The molecule has 20 heavy (non-hydrogen) atoms. The summed E-state index contributed by atoms with van der Waals surface area (Å²) in [6.07, 6.45) is -0.503. The zero-order valence-electron chi connectivity index (χ0n) is 13.7. The Hall–Kier alpha value is -1.10. The number of hydrogen-bond acceptors (Lipinski definition) is 3. The van der Waals surface area contributed by atoms with Crippen LogP contribution in [0.25, 0.3) is 0 Å². The molecular formula is C15H28N2O3. The summed E-state index contributed by atoms with van der Waals surface area (Å²) in [7, 11) is 0. The van der Waals surface area contributed by atoms with Crippen LogP contribution >= 0.6 is 0 Å². The molecule has 0 aromatic carbocycles. The van der Waals surface area contributed by atoms with Gasteiger partial charge in [0, 0.05) is 18.5 Å². The first-order valence-electron chi connectivity index (χ1n) is 7.18. The second kappa shape index (κ2) is 6.57. The van der Waals surface area contributed by atoms with Crippen LogP contribution in [0.15, 0.2) is 4.99 Å². The summed E-state index contributed by atoms with van der Waals surface area (Å²) in [6.45, 7) is 15.5. The highest BCUT2D eigenvalue weighted by atomic mass is 16.5. The third kappa shape index (κ3) is 5.90. The molecule has 5 heteroatoms. The SMILES string of the molecule is CC(C)(C)COC(=O)N=C(N1CCOCC1)C(C)(C)C. The van der Waals surface area contributed by atoms with Crippen LogP contribution in [-0.2, 0) is 9.47 Å². The fourth-order valence-electron chi connectivity index (χ4n) is 1.88. The number of carbonyl (C=O) groups excluding carboxylic acids is 1. The Labute approximate surface area is 122 Å². The maximum absolute atomic E-state index is 11.9. The molecule has 1 aliphatic heterocycles. The molecule has 5 nitrogen and oxygen atoms in total. The molecule has 116 valence electrons. The van der Waals surface area contributed by atoms with Crippen molar-refractivity contribution in [1.82, 2.24) is 4.90 Å². The smallest absolute Gasteiger partial charge is 0.435 e. The summed E-state index contributed by atoms with van der Waals surface area (Å²) >= 11 is 0. The van der Waals surface area contributed by atoms with Crippen LogP contribution in [-0.4, -0.2) is 49.7 Å². The summed E-state index contributed by atoms with van der Waals surface area (Å²) in [6, 6.07) is 0. The maximum Gasteiger partial charge on any atom is 0.435 e. The average Bonchev–Trinajstić information content (AvgIpc) is 2.32. The van der Waals surface area contributed by atoms with Crippen molar-refractivity contribution in [3.8, 4) is 0 Å². The van der Waals surface area contributed by atoms with Gasteiger partial charge in [0.15, 0.2) is 0 Å². The van der Waals surface area contributed by atoms with Gasteiger partial charge in [-0.15, -0.1) is 0 Å². The van der Waals surface area contributed by atoms with E-state index in [0.29, 0.717) is 19.8 Å². The second-order valence-corrected chi connectivity index (χ2v) is 7.40. The molecule has 1 saturated heterocycles. The Kier molecular flexibility index (Phi) is 5.57. The molecule has 1 amide bonds. The molecule has 0 aromatic heterocycles. The summed E-state index contributed by atoms with van der Waals surface area (Å²) in [5.41, 5.74) is -0.246. The summed E-state index contributed by atoms with van der Waals surface area (Å²) in [5, 5.41) is 0. The topological polar surface area (TPSA) is 51.1 Å². The van der Waals surface area contributed by atoms with Gasteiger partial charge >= 0.3 is 6.09 Å². The first-order chi connectivity index (χ1) is 9.09.